The van der Waals surface area contributed by atoms with Crippen LogP contribution in [-0.4, -0.2) is 78.0 Å². The van der Waals surface area contributed by atoms with Gasteiger partial charge in [-0.05, 0) is 39.0 Å². The van der Waals surface area contributed by atoms with Crippen LogP contribution < -0.4 is 5.73 Å². The van der Waals surface area contributed by atoms with Gasteiger partial charge in [-0.15, -0.1) is 0 Å². The molecule has 0 spiro atoms. The van der Waals surface area contributed by atoms with Gasteiger partial charge >= 0.3 is 0 Å². The van der Waals surface area contributed by atoms with E-state index in [9.17, 15) is 4.79 Å². The van der Waals surface area contributed by atoms with Gasteiger partial charge in [0, 0.05) is 51.4 Å². The molecule has 5 heteroatoms. The number of rotatable bonds is 6. The number of amides is 1. The van der Waals surface area contributed by atoms with Crippen molar-refractivity contribution in [1.29, 1.82) is 0 Å². The molecule has 2 saturated heterocycles. The number of likely N-dealkylation sites (tertiary alicyclic amines) is 1. The summed E-state index contributed by atoms with van der Waals surface area (Å²) >= 11 is 0. The Morgan fingerprint density at radius 1 is 1.04 bits per heavy atom. The Kier molecular flexibility index (Phi) is 6.86. The van der Waals surface area contributed by atoms with Crippen LogP contribution in [-0.2, 0) is 4.79 Å². The second-order valence-corrected chi connectivity index (χ2v) is 7.92. The highest BCUT2D eigenvalue weighted by atomic mass is 16.2. The Morgan fingerprint density at radius 2 is 1.61 bits per heavy atom. The normalized spacial score (nSPS) is 28.5. The summed E-state index contributed by atoms with van der Waals surface area (Å²) in [5.41, 5.74) is 6.04. The number of nitrogens with two attached hydrogens (primary N) is 1. The van der Waals surface area contributed by atoms with Crippen molar-refractivity contribution in [2.75, 3.05) is 39.3 Å². The largest absolute Gasteiger partial charge is 0.339 e. The van der Waals surface area contributed by atoms with E-state index < -0.39 is 0 Å². The zero-order valence-corrected chi connectivity index (χ0v) is 15.5. The molecule has 0 aromatic carbocycles. The molecule has 0 radical (unpaired) electrons. The number of nitrogens with zero attached hydrogens (tertiary/aromatic N) is 3. The first-order chi connectivity index (χ1) is 10.9. The van der Waals surface area contributed by atoms with Gasteiger partial charge in [-0.1, -0.05) is 13.8 Å². The zero-order valence-electron chi connectivity index (χ0n) is 15.5. The third kappa shape index (κ3) is 5.16. The molecule has 134 valence electrons. The maximum absolute atomic E-state index is 12.4. The van der Waals surface area contributed by atoms with Crippen LogP contribution >= 0.6 is 0 Å². The smallest absolute Gasteiger partial charge is 0.239 e. The molecule has 2 fully saturated rings. The zero-order chi connectivity index (χ0) is 17.0. The van der Waals surface area contributed by atoms with Gasteiger partial charge < -0.3 is 10.6 Å². The first-order valence-corrected chi connectivity index (χ1v) is 9.41. The van der Waals surface area contributed by atoms with Gasteiger partial charge in [-0.2, -0.15) is 0 Å². The number of piperazine rings is 1. The van der Waals surface area contributed by atoms with Crippen LogP contribution in [0.5, 0.6) is 0 Å². The fraction of sp³-hybridized carbons (Fsp3) is 0.944. The first kappa shape index (κ1) is 18.7. The van der Waals surface area contributed by atoms with E-state index in [4.69, 9.17) is 5.73 Å². The van der Waals surface area contributed by atoms with Crippen molar-refractivity contribution in [2.45, 2.75) is 65.1 Å². The summed E-state index contributed by atoms with van der Waals surface area (Å²) in [7, 11) is 0. The summed E-state index contributed by atoms with van der Waals surface area (Å²) in [5.74, 6) is 0.611. The lowest BCUT2D eigenvalue weighted by Gasteiger charge is -2.37. The highest BCUT2D eigenvalue weighted by molar-refractivity contribution is 5.81. The Bertz CT molecular complexity index is 369. The van der Waals surface area contributed by atoms with Crippen LogP contribution in [0.15, 0.2) is 0 Å². The fourth-order valence-corrected chi connectivity index (χ4v) is 3.98. The highest BCUT2D eigenvalue weighted by Crippen LogP contribution is 2.22. The maximum Gasteiger partial charge on any atom is 0.239 e. The molecule has 0 saturated carbocycles. The first-order valence-electron chi connectivity index (χ1n) is 9.41. The molecule has 2 heterocycles. The van der Waals surface area contributed by atoms with Gasteiger partial charge in [0.1, 0.15) is 0 Å². The van der Waals surface area contributed by atoms with Gasteiger partial charge in [-0.3, -0.25) is 14.6 Å². The predicted octanol–water partition coefficient (Wildman–Crippen LogP) is 1.38. The molecule has 23 heavy (non-hydrogen) atoms. The van der Waals surface area contributed by atoms with Crippen LogP contribution in [0.1, 0.15) is 47.0 Å². The minimum absolute atomic E-state index is 0.139. The molecule has 2 aliphatic heterocycles. The molecule has 1 amide bonds. The summed E-state index contributed by atoms with van der Waals surface area (Å²) in [6, 6.07) is 1.12. The van der Waals surface area contributed by atoms with E-state index in [1.807, 2.05) is 4.90 Å². The van der Waals surface area contributed by atoms with Crippen molar-refractivity contribution in [3.8, 4) is 0 Å². The summed E-state index contributed by atoms with van der Waals surface area (Å²) in [5, 5.41) is 0. The Morgan fingerprint density at radius 3 is 2.13 bits per heavy atom. The molecular formula is C18H36N4O. The minimum atomic E-state index is -0.326. The molecule has 2 aliphatic rings. The Labute approximate surface area is 142 Å². The second-order valence-electron chi connectivity index (χ2n) is 7.92. The van der Waals surface area contributed by atoms with Crippen molar-refractivity contribution in [2.24, 2.45) is 11.7 Å². The molecule has 3 atom stereocenters. The lowest BCUT2D eigenvalue weighted by molar-refractivity contribution is -0.134. The molecule has 5 nitrogen and oxygen atoms in total. The molecule has 0 aromatic heterocycles. The third-order valence-electron chi connectivity index (χ3n) is 5.54. The lowest BCUT2D eigenvalue weighted by Crippen LogP contribution is -2.54. The summed E-state index contributed by atoms with van der Waals surface area (Å²) in [4.78, 5) is 19.5. The van der Waals surface area contributed by atoms with Crippen molar-refractivity contribution in [1.82, 2.24) is 14.7 Å². The number of carbonyl (C=O) groups excluding carboxylic acids is 1. The molecule has 0 aliphatic carbocycles. The summed E-state index contributed by atoms with van der Waals surface area (Å²) < 4.78 is 0. The molecule has 0 bridgehead atoms. The lowest BCUT2D eigenvalue weighted by atomic mass is 10.0. The van der Waals surface area contributed by atoms with E-state index in [0.29, 0.717) is 5.92 Å². The van der Waals surface area contributed by atoms with E-state index in [-0.39, 0.29) is 11.9 Å². The molecular weight excluding hydrogens is 288 g/mol. The van der Waals surface area contributed by atoms with Crippen LogP contribution in [0.2, 0.25) is 0 Å². The maximum atomic E-state index is 12.4. The third-order valence-corrected chi connectivity index (χ3v) is 5.54. The van der Waals surface area contributed by atoms with E-state index in [0.717, 1.165) is 57.8 Å². The predicted molar refractivity (Wildman–Crippen MR) is 95.3 cm³/mol. The molecule has 2 unspecified atom stereocenters. The SMILES string of the molecule is CC(C)C[C@H](N)C(=O)N1CCN(CCN2C(C)CCC2C)CC1. The fourth-order valence-electron chi connectivity index (χ4n) is 3.98. The van der Waals surface area contributed by atoms with Gasteiger partial charge in [0.15, 0.2) is 0 Å². The number of carbonyl (C=O) groups is 1. The van der Waals surface area contributed by atoms with E-state index >= 15 is 0 Å². The number of hydrogen-bond acceptors (Lipinski definition) is 4. The quantitative estimate of drug-likeness (QED) is 0.802. The summed E-state index contributed by atoms with van der Waals surface area (Å²) in [6.45, 7) is 14.8. The van der Waals surface area contributed by atoms with Gasteiger partial charge in [-0.25, -0.2) is 0 Å². The standard InChI is InChI=1S/C18H36N4O/c1-14(2)13-17(19)18(23)21-10-7-20(8-11-21)9-12-22-15(3)5-6-16(22)4/h14-17H,5-13,19H2,1-4H3/t15?,16?,17-/m0/s1. The second kappa shape index (κ2) is 8.45. The van der Waals surface area contributed by atoms with Crippen molar-refractivity contribution >= 4 is 5.91 Å². The number of hydrogen-bond donors (Lipinski definition) is 1. The topological polar surface area (TPSA) is 52.8 Å². The molecule has 2 rings (SSSR count). The molecule has 0 aromatic rings. The average molecular weight is 325 g/mol. The van der Waals surface area contributed by atoms with E-state index in [1.54, 1.807) is 0 Å². The Hall–Kier alpha value is -0.650. The van der Waals surface area contributed by atoms with Gasteiger partial charge in [0.2, 0.25) is 5.91 Å². The van der Waals surface area contributed by atoms with Crippen molar-refractivity contribution in [3.05, 3.63) is 0 Å². The van der Waals surface area contributed by atoms with Gasteiger partial charge in [0.05, 0.1) is 6.04 Å². The van der Waals surface area contributed by atoms with E-state index in [1.165, 1.54) is 12.8 Å². The average Bonchev–Trinajstić information content (AvgIpc) is 2.83. The minimum Gasteiger partial charge on any atom is -0.339 e. The van der Waals surface area contributed by atoms with Crippen molar-refractivity contribution in [3.63, 3.8) is 0 Å². The van der Waals surface area contributed by atoms with Crippen LogP contribution in [0, 0.1) is 5.92 Å². The Balaban J connectivity index is 1.70. The highest BCUT2D eigenvalue weighted by Gasteiger charge is 2.29. The monoisotopic (exact) mass is 324 g/mol. The van der Waals surface area contributed by atoms with Crippen LogP contribution in [0.4, 0.5) is 0 Å². The summed E-state index contributed by atoms with van der Waals surface area (Å²) in [6.07, 6.45) is 3.44. The van der Waals surface area contributed by atoms with Crippen LogP contribution in [0.25, 0.3) is 0 Å². The van der Waals surface area contributed by atoms with Crippen molar-refractivity contribution < 1.29 is 4.79 Å². The molecule has 2 N–H and O–H groups in total. The van der Waals surface area contributed by atoms with E-state index in [2.05, 4.69) is 37.5 Å². The van der Waals surface area contributed by atoms with Gasteiger partial charge in [0.25, 0.3) is 0 Å². The van der Waals surface area contributed by atoms with Crippen LogP contribution in [0.3, 0.4) is 0 Å².